The summed E-state index contributed by atoms with van der Waals surface area (Å²) in [4.78, 5) is 0. The molecule has 2 unspecified atom stereocenters. The van der Waals surface area contributed by atoms with Crippen LogP contribution >= 0.6 is 0 Å². The van der Waals surface area contributed by atoms with E-state index in [4.69, 9.17) is 0 Å². The van der Waals surface area contributed by atoms with Crippen molar-refractivity contribution < 1.29 is 0 Å². The van der Waals surface area contributed by atoms with Crippen LogP contribution in [0.3, 0.4) is 0 Å². The highest BCUT2D eigenvalue weighted by Gasteiger charge is 2.45. The third kappa shape index (κ3) is 1.31. The molecule has 1 saturated heterocycles. The van der Waals surface area contributed by atoms with E-state index in [2.05, 4.69) is 26.1 Å². The van der Waals surface area contributed by atoms with Crippen molar-refractivity contribution >= 4 is 0 Å². The molecule has 0 spiro atoms. The van der Waals surface area contributed by atoms with E-state index in [9.17, 15) is 0 Å². The van der Waals surface area contributed by atoms with Crippen LogP contribution in [0, 0.1) is 11.3 Å². The van der Waals surface area contributed by atoms with Crippen molar-refractivity contribution in [3.05, 3.63) is 0 Å². The summed E-state index contributed by atoms with van der Waals surface area (Å²) in [5.41, 5.74) is 1.06. The number of hydrogen-bond donors (Lipinski definition) is 1. The Labute approximate surface area is 69.6 Å². The standard InChI is InChI=1S/C10H19N/c1-9(2)4-8-5-10(3,7-9)11-6-8/h8,11H,4-7H2,1-3H3. The maximum atomic E-state index is 3.65. The summed E-state index contributed by atoms with van der Waals surface area (Å²) < 4.78 is 0. The van der Waals surface area contributed by atoms with Gasteiger partial charge in [0.15, 0.2) is 0 Å². The molecule has 1 N–H and O–H groups in total. The molecular formula is C10H19N. The first-order valence-electron chi connectivity index (χ1n) is 4.74. The van der Waals surface area contributed by atoms with Crippen LogP contribution in [0.2, 0.25) is 0 Å². The van der Waals surface area contributed by atoms with E-state index >= 15 is 0 Å². The van der Waals surface area contributed by atoms with Gasteiger partial charge in [-0.1, -0.05) is 13.8 Å². The summed E-state index contributed by atoms with van der Waals surface area (Å²) in [5, 5.41) is 3.65. The van der Waals surface area contributed by atoms with Gasteiger partial charge in [0, 0.05) is 5.54 Å². The van der Waals surface area contributed by atoms with Crippen molar-refractivity contribution in [1.82, 2.24) is 5.32 Å². The highest BCUT2D eigenvalue weighted by molar-refractivity contribution is 5.02. The molecular weight excluding hydrogens is 134 g/mol. The molecule has 2 fully saturated rings. The first-order valence-corrected chi connectivity index (χ1v) is 4.74. The third-order valence-electron chi connectivity index (χ3n) is 3.27. The van der Waals surface area contributed by atoms with Crippen molar-refractivity contribution in [2.45, 2.75) is 45.6 Å². The summed E-state index contributed by atoms with van der Waals surface area (Å²) >= 11 is 0. The lowest BCUT2D eigenvalue weighted by Crippen LogP contribution is -2.41. The van der Waals surface area contributed by atoms with Crippen LogP contribution in [0.15, 0.2) is 0 Å². The maximum Gasteiger partial charge on any atom is 0.0161 e. The van der Waals surface area contributed by atoms with Gasteiger partial charge in [0.05, 0.1) is 0 Å². The van der Waals surface area contributed by atoms with Crippen LogP contribution in [-0.2, 0) is 0 Å². The van der Waals surface area contributed by atoms with E-state index in [1.807, 2.05) is 0 Å². The zero-order valence-electron chi connectivity index (χ0n) is 7.91. The summed E-state index contributed by atoms with van der Waals surface area (Å²) in [6.45, 7) is 8.46. The second kappa shape index (κ2) is 2.01. The number of nitrogens with one attached hydrogen (secondary N) is 1. The van der Waals surface area contributed by atoms with Gasteiger partial charge in [-0.05, 0) is 44.1 Å². The van der Waals surface area contributed by atoms with Gasteiger partial charge in [-0.3, -0.25) is 0 Å². The molecule has 1 nitrogen and oxygen atoms in total. The van der Waals surface area contributed by atoms with Crippen molar-refractivity contribution in [2.75, 3.05) is 6.54 Å². The Bertz CT molecular complexity index is 174. The third-order valence-corrected chi connectivity index (χ3v) is 3.27. The number of hydrogen-bond acceptors (Lipinski definition) is 1. The normalized spacial score (nSPS) is 47.7. The Kier molecular flexibility index (Phi) is 1.39. The Hall–Kier alpha value is -0.0400. The maximum absolute atomic E-state index is 3.65. The summed E-state index contributed by atoms with van der Waals surface area (Å²) in [5.74, 6) is 0.962. The molecule has 1 saturated carbocycles. The van der Waals surface area contributed by atoms with Gasteiger partial charge in [0.25, 0.3) is 0 Å². The van der Waals surface area contributed by atoms with Gasteiger partial charge in [0.2, 0.25) is 0 Å². The first kappa shape index (κ1) is 7.60. The lowest BCUT2D eigenvalue weighted by molar-refractivity contribution is 0.152. The van der Waals surface area contributed by atoms with E-state index in [1.165, 1.54) is 25.8 Å². The monoisotopic (exact) mass is 153 g/mol. The quantitative estimate of drug-likeness (QED) is 0.562. The van der Waals surface area contributed by atoms with Gasteiger partial charge >= 0.3 is 0 Å². The lowest BCUT2D eigenvalue weighted by atomic mass is 9.67. The topological polar surface area (TPSA) is 12.0 Å². The zero-order valence-corrected chi connectivity index (χ0v) is 7.91. The second-order valence-electron chi connectivity index (χ2n) is 5.56. The molecule has 0 radical (unpaired) electrons. The molecule has 1 aliphatic carbocycles. The van der Waals surface area contributed by atoms with E-state index in [0.29, 0.717) is 11.0 Å². The van der Waals surface area contributed by atoms with Crippen LogP contribution in [0.4, 0.5) is 0 Å². The van der Waals surface area contributed by atoms with Crippen LogP contribution in [0.5, 0.6) is 0 Å². The molecule has 1 heterocycles. The molecule has 2 rings (SSSR count). The number of fused-ring (bicyclic) bond motifs is 2. The largest absolute Gasteiger partial charge is 0.311 e. The molecule has 0 amide bonds. The van der Waals surface area contributed by atoms with Crippen LogP contribution in [0.25, 0.3) is 0 Å². The number of rotatable bonds is 0. The lowest BCUT2D eigenvalue weighted by Gasteiger charge is -2.39. The molecule has 64 valence electrons. The van der Waals surface area contributed by atoms with E-state index in [1.54, 1.807) is 0 Å². The fourth-order valence-electron chi connectivity index (χ4n) is 3.36. The molecule has 2 aliphatic rings. The first-order chi connectivity index (χ1) is 4.99. The molecule has 0 aromatic heterocycles. The SMILES string of the molecule is CC1(C)CC2CNC(C)(C2)C1. The van der Waals surface area contributed by atoms with Crippen LogP contribution in [-0.4, -0.2) is 12.1 Å². The zero-order chi connectivity index (χ0) is 8.11. The Balaban J connectivity index is 2.19. The second-order valence-corrected chi connectivity index (χ2v) is 5.56. The van der Waals surface area contributed by atoms with Gasteiger partial charge in [-0.25, -0.2) is 0 Å². The van der Waals surface area contributed by atoms with Gasteiger partial charge < -0.3 is 5.32 Å². The Morgan fingerprint density at radius 3 is 2.55 bits per heavy atom. The average Bonchev–Trinajstić information content (AvgIpc) is 2.03. The van der Waals surface area contributed by atoms with E-state index in [-0.39, 0.29) is 0 Å². The molecule has 2 atom stereocenters. The van der Waals surface area contributed by atoms with E-state index in [0.717, 1.165) is 5.92 Å². The highest BCUT2D eigenvalue weighted by atomic mass is 15.0. The Morgan fingerprint density at radius 2 is 1.91 bits per heavy atom. The molecule has 2 bridgehead atoms. The predicted octanol–water partition coefficient (Wildman–Crippen LogP) is 2.17. The van der Waals surface area contributed by atoms with Gasteiger partial charge in [-0.15, -0.1) is 0 Å². The fraction of sp³-hybridized carbons (Fsp3) is 1.00. The molecule has 1 aliphatic heterocycles. The van der Waals surface area contributed by atoms with Crippen LogP contribution in [0.1, 0.15) is 40.0 Å². The van der Waals surface area contributed by atoms with Crippen molar-refractivity contribution in [2.24, 2.45) is 11.3 Å². The summed E-state index contributed by atoms with van der Waals surface area (Å²) in [6, 6.07) is 0. The summed E-state index contributed by atoms with van der Waals surface area (Å²) in [6.07, 6.45) is 4.20. The smallest absolute Gasteiger partial charge is 0.0161 e. The minimum atomic E-state index is 0.479. The minimum absolute atomic E-state index is 0.479. The fourth-order valence-corrected chi connectivity index (χ4v) is 3.36. The predicted molar refractivity (Wildman–Crippen MR) is 47.5 cm³/mol. The minimum Gasteiger partial charge on any atom is -0.311 e. The van der Waals surface area contributed by atoms with E-state index < -0.39 is 0 Å². The van der Waals surface area contributed by atoms with Crippen molar-refractivity contribution in [1.29, 1.82) is 0 Å². The Morgan fingerprint density at radius 1 is 1.18 bits per heavy atom. The van der Waals surface area contributed by atoms with Crippen LogP contribution < -0.4 is 5.32 Å². The summed E-state index contributed by atoms with van der Waals surface area (Å²) in [7, 11) is 0. The molecule has 0 aromatic carbocycles. The van der Waals surface area contributed by atoms with Gasteiger partial charge in [-0.2, -0.15) is 0 Å². The highest BCUT2D eigenvalue weighted by Crippen LogP contribution is 2.46. The molecule has 0 aromatic rings. The average molecular weight is 153 g/mol. The molecule has 11 heavy (non-hydrogen) atoms. The molecule has 1 heteroatoms. The van der Waals surface area contributed by atoms with Crippen molar-refractivity contribution in [3.8, 4) is 0 Å². The van der Waals surface area contributed by atoms with Crippen molar-refractivity contribution in [3.63, 3.8) is 0 Å². The van der Waals surface area contributed by atoms with Gasteiger partial charge in [0.1, 0.15) is 0 Å².